The van der Waals surface area contributed by atoms with Crippen LogP contribution >= 0.6 is 12.2 Å². The van der Waals surface area contributed by atoms with Crippen LogP contribution in [0.1, 0.15) is 5.56 Å². The van der Waals surface area contributed by atoms with Crippen LogP contribution in [0.25, 0.3) is 0 Å². The van der Waals surface area contributed by atoms with Gasteiger partial charge in [-0.1, -0.05) is 12.2 Å². The molecule has 0 aromatic heterocycles. The summed E-state index contributed by atoms with van der Waals surface area (Å²) in [6, 6.07) is 4.28. The fourth-order valence-corrected chi connectivity index (χ4v) is 1.02. The van der Waals surface area contributed by atoms with Gasteiger partial charge < -0.3 is 15.2 Å². The van der Waals surface area contributed by atoms with Gasteiger partial charge in [-0.15, -0.1) is 0 Å². The average molecular weight is 215 g/mol. The topological polar surface area (TPSA) is 44.5 Å². The molecule has 0 heterocycles. The Morgan fingerprint density at radius 3 is 2.79 bits per heavy atom. The van der Waals surface area contributed by atoms with E-state index in [2.05, 4.69) is 4.74 Å². The molecule has 0 fully saturated rings. The molecule has 1 rings (SSSR count). The minimum atomic E-state index is -0.507. The summed E-state index contributed by atoms with van der Waals surface area (Å²) in [5.41, 5.74) is 5.81. The fourth-order valence-electron chi connectivity index (χ4n) is 0.894. The highest BCUT2D eigenvalue weighted by atomic mass is 32.1. The largest absolute Gasteiger partial charge is 0.464 e. The van der Waals surface area contributed by atoms with E-state index in [0.29, 0.717) is 5.56 Å². The highest BCUT2D eigenvalue weighted by molar-refractivity contribution is 7.80. The standard InChI is InChI=1S/C9H10FNO2S/c1-12-5-13-8-3-2-6(9(11)14)4-7(8)10/h2-4H,5H2,1H3,(H2,11,14). The first-order valence-corrected chi connectivity index (χ1v) is 4.27. The monoisotopic (exact) mass is 215 g/mol. The van der Waals surface area contributed by atoms with Crippen LogP contribution in [-0.2, 0) is 4.74 Å². The zero-order valence-corrected chi connectivity index (χ0v) is 8.44. The summed E-state index contributed by atoms with van der Waals surface area (Å²) in [6.07, 6.45) is 0. The van der Waals surface area contributed by atoms with Crippen molar-refractivity contribution in [2.45, 2.75) is 0 Å². The van der Waals surface area contributed by atoms with E-state index in [-0.39, 0.29) is 17.5 Å². The number of thiocarbonyl (C=S) groups is 1. The van der Waals surface area contributed by atoms with Crippen LogP contribution in [0, 0.1) is 5.82 Å². The average Bonchev–Trinajstić information content (AvgIpc) is 2.15. The minimum absolute atomic E-state index is 0.00331. The lowest BCUT2D eigenvalue weighted by Gasteiger charge is -2.06. The van der Waals surface area contributed by atoms with Gasteiger partial charge in [-0.25, -0.2) is 4.39 Å². The molecule has 76 valence electrons. The molecular weight excluding hydrogens is 205 g/mol. The summed E-state index contributed by atoms with van der Waals surface area (Å²) < 4.78 is 22.8. The maximum atomic E-state index is 13.2. The normalized spacial score (nSPS) is 9.86. The molecule has 0 aliphatic heterocycles. The summed E-state index contributed by atoms with van der Waals surface area (Å²) in [6.45, 7) is 0.00331. The molecule has 0 unspecified atom stereocenters. The fraction of sp³-hybridized carbons (Fsp3) is 0.222. The van der Waals surface area contributed by atoms with Crippen LogP contribution in [0.4, 0.5) is 4.39 Å². The van der Waals surface area contributed by atoms with Gasteiger partial charge >= 0.3 is 0 Å². The van der Waals surface area contributed by atoms with Gasteiger partial charge in [-0.2, -0.15) is 0 Å². The number of methoxy groups -OCH3 is 1. The molecule has 0 amide bonds. The second-order valence-electron chi connectivity index (χ2n) is 2.56. The van der Waals surface area contributed by atoms with E-state index < -0.39 is 5.82 Å². The number of nitrogens with two attached hydrogens (primary N) is 1. The molecule has 0 aliphatic rings. The SMILES string of the molecule is COCOc1ccc(C(N)=S)cc1F. The van der Waals surface area contributed by atoms with Gasteiger partial charge in [-0.3, -0.25) is 0 Å². The van der Waals surface area contributed by atoms with Crippen molar-refractivity contribution in [3.63, 3.8) is 0 Å². The van der Waals surface area contributed by atoms with Crippen molar-refractivity contribution >= 4 is 17.2 Å². The Balaban J connectivity index is 2.84. The smallest absolute Gasteiger partial charge is 0.188 e. The predicted molar refractivity (Wildman–Crippen MR) is 54.8 cm³/mol. The number of hydrogen-bond acceptors (Lipinski definition) is 3. The third-order valence-corrected chi connectivity index (χ3v) is 1.78. The molecular formula is C9H10FNO2S. The number of halogens is 1. The molecule has 1 aromatic rings. The molecule has 0 saturated heterocycles. The van der Waals surface area contributed by atoms with E-state index in [0.717, 1.165) is 0 Å². The van der Waals surface area contributed by atoms with Gasteiger partial charge in [0, 0.05) is 12.7 Å². The molecule has 0 bridgehead atoms. The van der Waals surface area contributed by atoms with Crippen molar-refractivity contribution < 1.29 is 13.9 Å². The van der Waals surface area contributed by atoms with Gasteiger partial charge in [0.2, 0.25) is 0 Å². The van der Waals surface area contributed by atoms with E-state index in [1.54, 1.807) is 6.07 Å². The first-order chi connectivity index (χ1) is 6.65. The first-order valence-electron chi connectivity index (χ1n) is 3.86. The van der Waals surface area contributed by atoms with Crippen LogP contribution < -0.4 is 10.5 Å². The Hall–Kier alpha value is -1.20. The Morgan fingerprint density at radius 2 is 2.29 bits per heavy atom. The summed E-state index contributed by atoms with van der Waals surface area (Å²) in [4.78, 5) is 0.155. The molecule has 3 nitrogen and oxygen atoms in total. The van der Waals surface area contributed by atoms with Crippen molar-refractivity contribution in [3.8, 4) is 5.75 Å². The lowest BCUT2D eigenvalue weighted by molar-refractivity contribution is 0.0483. The Morgan fingerprint density at radius 1 is 1.57 bits per heavy atom. The van der Waals surface area contributed by atoms with Gasteiger partial charge in [0.1, 0.15) is 4.99 Å². The van der Waals surface area contributed by atoms with Crippen LogP contribution in [0.15, 0.2) is 18.2 Å². The molecule has 1 aromatic carbocycles. The molecule has 0 aliphatic carbocycles. The lowest BCUT2D eigenvalue weighted by Crippen LogP contribution is -2.10. The summed E-state index contributed by atoms with van der Waals surface area (Å²) >= 11 is 4.70. The maximum Gasteiger partial charge on any atom is 0.188 e. The Labute approximate surface area is 86.6 Å². The van der Waals surface area contributed by atoms with E-state index in [4.69, 9.17) is 22.7 Å². The zero-order valence-electron chi connectivity index (χ0n) is 7.62. The quantitative estimate of drug-likeness (QED) is 0.609. The highest BCUT2D eigenvalue weighted by Gasteiger charge is 2.05. The molecule has 5 heteroatoms. The van der Waals surface area contributed by atoms with Gasteiger partial charge in [0.15, 0.2) is 18.4 Å². The third kappa shape index (κ3) is 2.65. The molecule has 0 saturated carbocycles. The Kier molecular flexibility index (Phi) is 3.79. The van der Waals surface area contributed by atoms with E-state index in [1.807, 2.05) is 0 Å². The van der Waals surface area contributed by atoms with Crippen molar-refractivity contribution in [1.82, 2.24) is 0 Å². The van der Waals surface area contributed by atoms with Gasteiger partial charge in [-0.05, 0) is 18.2 Å². The first kappa shape index (κ1) is 10.9. The van der Waals surface area contributed by atoms with E-state index >= 15 is 0 Å². The number of ether oxygens (including phenoxy) is 2. The van der Waals surface area contributed by atoms with Crippen LogP contribution in [-0.4, -0.2) is 18.9 Å². The van der Waals surface area contributed by atoms with Crippen molar-refractivity contribution in [2.75, 3.05) is 13.9 Å². The molecule has 0 radical (unpaired) electrons. The van der Waals surface area contributed by atoms with E-state index in [1.165, 1.54) is 19.2 Å². The predicted octanol–water partition coefficient (Wildman–Crippen LogP) is 1.44. The molecule has 0 spiro atoms. The van der Waals surface area contributed by atoms with E-state index in [9.17, 15) is 4.39 Å². The Bertz CT molecular complexity index is 344. The molecule has 2 N–H and O–H groups in total. The van der Waals surface area contributed by atoms with Crippen LogP contribution in [0.5, 0.6) is 5.75 Å². The van der Waals surface area contributed by atoms with Gasteiger partial charge in [0.05, 0.1) is 0 Å². The third-order valence-electron chi connectivity index (χ3n) is 1.55. The van der Waals surface area contributed by atoms with Crippen molar-refractivity contribution in [2.24, 2.45) is 5.73 Å². The van der Waals surface area contributed by atoms with Gasteiger partial charge in [0.25, 0.3) is 0 Å². The lowest BCUT2D eigenvalue weighted by atomic mass is 10.2. The zero-order chi connectivity index (χ0) is 10.6. The molecule has 14 heavy (non-hydrogen) atoms. The van der Waals surface area contributed by atoms with Crippen LogP contribution in [0.2, 0.25) is 0 Å². The summed E-state index contributed by atoms with van der Waals surface area (Å²) in [7, 11) is 1.46. The second kappa shape index (κ2) is 4.88. The molecule has 0 atom stereocenters. The second-order valence-corrected chi connectivity index (χ2v) is 3.00. The minimum Gasteiger partial charge on any atom is -0.464 e. The highest BCUT2D eigenvalue weighted by Crippen LogP contribution is 2.18. The summed E-state index contributed by atoms with van der Waals surface area (Å²) in [5.74, 6) is -0.390. The van der Waals surface area contributed by atoms with Crippen molar-refractivity contribution in [1.29, 1.82) is 0 Å². The summed E-state index contributed by atoms with van der Waals surface area (Å²) in [5, 5.41) is 0. The number of hydrogen-bond donors (Lipinski definition) is 1. The number of rotatable bonds is 4. The maximum absolute atomic E-state index is 13.2. The van der Waals surface area contributed by atoms with Crippen LogP contribution in [0.3, 0.4) is 0 Å². The van der Waals surface area contributed by atoms with Crippen molar-refractivity contribution in [3.05, 3.63) is 29.6 Å². The number of benzene rings is 1.